The molecule has 0 radical (unpaired) electrons. The smallest absolute Gasteiger partial charge is 0.253 e. The fraction of sp³-hybridized carbons (Fsp3) is 0.579. The van der Waals surface area contributed by atoms with Gasteiger partial charge in [-0.1, -0.05) is 6.07 Å². The van der Waals surface area contributed by atoms with Crippen LogP contribution >= 0.6 is 0 Å². The van der Waals surface area contributed by atoms with Crippen molar-refractivity contribution >= 4 is 17.5 Å². The van der Waals surface area contributed by atoms with Gasteiger partial charge in [0.15, 0.2) is 0 Å². The first-order chi connectivity index (χ1) is 12.2. The van der Waals surface area contributed by atoms with Gasteiger partial charge in [0.05, 0.1) is 6.10 Å². The number of rotatable bonds is 5. The van der Waals surface area contributed by atoms with Gasteiger partial charge in [-0.3, -0.25) is 9.59 Å². The van der Waals surface area contributed by atoms with E-state index in [4.69, 9.17) is 9.47 Å². The minimum atomic E-state index is -0.381. The Bertz CT molecular complexity index is 605. The number of methoxy groups -OCH3 is 1. The van der Waals surface area contributed by atoms with E-state index in [9.17, 15) is 9.59 Å². The average molecular weight is 346 g/mol. The number of amides is 2. The number of nitrogens with one attached hydrogen (secondary N) is 2. The van der Waals surface area contributed by atoms with Crippen molar-refractivity contribution in [3.8, 4) is 0 Å². The highest BCUT2D eigenvalue weighted by Gasteiger charge is 2.24. The van der Waals surface area contributed by atoms with Crippen LogP contribution in [0.15, 0.2) is 24.3 Å². The van der Waals surface area contributed by atoms with Gasteiger partial charge in [0, 0.05) is 31.0 Å². The molecule has 0 aromatic heterocycles. The first-order valence-corrected chi connectivity index (χ1v) is 9.02. The molecule has 2 amide bonds. The summed E-state index contributed by atoms with van der Waals surface area (Å²) in [5.41, 5.74) is 1.18. The van der Waals surface area contributed by atoms with Gasteiger partial charge < -0.3 is 20.1 Å². The molecule has 2 aliphatic rings. The lowest BCUT2D eigenvalue weighted by Crippen LogP contribution is -2.39. The number of hydrogen-bond donors (Lipinski definition) is 2. The third-order valence-corrected chi connectivity index (χ3v) is 4.96. The van der Waals surface area contributed by atoms with Crippen molar-refractivity contribution in [3.05, 3.63) is 29.8 Å². The second kappa shape index (κ2) is 8.45. The Morgan fingerprint density at radius 3 is 2.64 bits per heavy atom. The second-order valence-electron chi connectivity index (χ2n) is 6.75. The molecule has 1 aliphatic heterocycles. The molecule has 1 aromatic carbocycles. The number of ether oxygens (including phenoxy) is 2. The van der Waals surface area contributed by atoms with Crippen LogP contribution in [0.1, 0.15) is 48.9 Å². The van der Waals surface area contributed by atoms with Crippen LogP contribution in [0.5, 0.6) is 0 Å². The highest BCUT2D eigenvalue weighted by atomic mass is 16.5. The molecule has 1 saturated heterocycles. The molecule has 0 bridgehead atoms. The first kappa shape index (κ1) is 17.9. The molecule has 6 nitrogen and oxygen atoms in total. The molecule has 2 fully saturated rings. The maximum atomic E-state index is 12.5. The van der Waals surface area contributed by atoms with E-state index in [0.717, 1.165) is 38.5 Å². The van der Waals surface area contributed by atoms with Gasteiger partial charge in [-0.2, -0.15) is 0 Å². The highest BCUT2D eigenvalue weighted by molar-refractivity contribution is 5.98. The summed E-state index contributed by atoms with van der Waals surface area (Å²) in [4.78, 5) is 24.6. The van der Waals surface area contributed by atoms with Crippen molar-refractivity contribution in [3.63, 3.8) is 0 Å². The third kappa shape index (κ3) is 4.80. The summed E-state index contributed by atoms with van der Waals surface area (Å²) < 4.78 is 10.7. The number of carbonyl (C=O) groups is 2. The molecule has 136 valence electrons. The van der Waals surface area contributed by atoms with Gasteiger partial charge in [-0.15, -0.1) is 0 Å². The lowest BCUT2D eigenvalue weighted by atomic mass is 9.93. The van der Waals surface area contributed by atoms with E-state index in [-0.39, 0.29) is 24.0 Å². The zero-order valence-electron chi connectivity index (χ0n) is 14.6. The molecule has 3 rings (SSSR count). The minimum Gasteiger partial charge on any atom is -0.381 e. The lowest BCUT2D eigenvalue weighted by molar-refractivity contribution is -0.124. The minimum absolute atomic E-state index is 0.103. The molecular formula is C19H26N2O4. The topological polar surface area (TPSA) is 76.7 Å². The zero-order valence-corrected chi connectivity index (χ0v) is 14.6. The Balaban J connectivity index is 1.55. The first-order valence-electron chi connectivity index (χ1n) is 9.02. The SMILES string of the molecule is COC1CCC(NC(=O)c2cccc(NC(=O)C3CCCO3)c2)CC1. The predicted octanol–water partition coefficient (Wildman–Crippen LogP) is 2.49. The van der Waals surface area contributed by atoms with Crippen LogP contribution in [0.2, 0.25) is 0 Å². The molecule has 1 atom stereocenters. The Morgan fingerprint density at radius 1 is 1.16 bits per heavy atom. The summed E-state index contributed by atoms with van der Waals surface area (Å²) in [6.45, 7) is 0.631. The quantitative estimate of drug-likeness (QED) is 0.859. The maximum Gasteiger partial charge on any atom is 0.253 e. The Labute approximate surface area is 148 Å². The summed E-state index contributed by atoms with van der Waals surface area (Å²) in [5.74, 6) is -0.248. The van der Waals surface area contributed by atoms with Crippen molar-refractivity contribution in [2.75, 3.05) is 19.0 Å². The van der Waals surface area contributed by atoms with E-state index in [1.165, 1.54) is 0 Å². The number of carbonyl (C=O) groups excluding carboxylic acids is 2. The maximum absolute atomic E-state index is 12.5. The molecular weight excluding hydrogens is 320 g/mol. The summed E-state index contributed by atoms with van der Waals surface area (Å²) in [7, 11) is 1.74. The average Bonchev–Trinajstić information content (AvgIpc) is 3.17. The van der Waals surface area contributed by atoms with Crippen LogP contribution in [-0.2, 0) is 14.3 Å². The third-order valence-electron chi connectivity index (χ3n) is 4.96. The summed E-state index contributed by atoms with van der Waals surface area (Å²) >= 11 is 0. The van der Waals surface area contributed by atoms with Crippen molar-refractivity contribution < 1.29 is 19.1 Å². The number of benzene rings is 1. The van der Waals surface area contributed by atoms with Gasteiger partial charge in [-0.05, 0) is 56.7 Å². The van der Waals surface area contributed by atoms with Crippen molar-refractivity contribution in [2.24, 2.45) is 0 Å². The van der Waals surface area contributed by atoms with Crippen LogP contribution < -0.4 is 10.6 Å². The Hall–Kier alpha value is -1.92. The molecule has 1 aliphatic carbocycles. The van der Waals surface area contributed by atoms with Crippen molar-refractivity contribution in [1.29, 1.82) is 0 Å². The van der Waals surface area contributed by atoms with E-state index in [1.807, 2.05) is 0 Å². The molecule has 6 heteroatoms. The summed E-state index contributed by atoms with van der Waals surface area (Å²) in [6.07, 6.45) is 5.39. The van der Waals surface area contributed by atoms with Crippen LogP contribution in [0.25, 0.3) is 0 Å². The highest BCUT2D eigenvalue weighted by Crippen LogP contribution is 2.21. The zero-order chi connectivity index (χ0) is 17.6. The predicted molar refractivity (Wildman–Crippen MR) is 94.6 cm³/mol. The van der Waals surface area contributed by atoms with E-state index >= 15 is 0 Å². The molecule has 1 saturated carbocycles. The van der Waals surface area contributed by atoms with Gasteiger partial charge in [0.1, 0.15) is 6.10 Å². The van der Waals surface area contributed by atoms with Gasteiger partial charge in [-0.25, -0.2) is 0 Å². The summed E-state index contributed by atoms with van der Waals surface area (Å²) in [6, 6.07) is 7.22. The molecule has 0 spiro atoms. The molecule has 1 heterocycles. The molecule has 25 heavy (non-hydrogen) atoms. The van der Waals surface area contributed by atoms with Crippen molar-refractivity contribution in [2.45, 2.75) is 56.8 Å². The van der Waals surface area contributed by atoms with E-state index < -0.39 is 0 Å². The standard InChI is InChI=1S/C19H26N2O4/c1-24-16-9-7-14(8-10-16)20-18(22)13-4-2-5-15(12-13)21-19(23)17-6-3-11-25-17/h2,4-5,12,14,16-17H,3,6-11H2,1H3,(H,20,22)(H,21,23). The normalized spacial score (nSPS) is 26.2. The second-order valence-corrected chi connectivity index (χ2v) is 6.75. The van der Waals surface area contributed by atoms with Crippen molar-refractivity contribution in [1.82, 2.24) is 5.32 Å². The molecule has 1 unspecified atom stereocenters. The van der Waals surface area contributed by atoms with Gasteiger partial charge >= 0.3 is 0 Å². The van der Waals surface area contributed by atoms with Crippen LogP contribution in [0.3, 0.4) is 0 Å². The largest absolute Gasteiger partial charge is 0.381 e. The van der Waals surface area contributed by atoms with Crippen LogP contribution in [0.4, 0.5) is 5.69 Å². The summed E-state index contributed by atoms with van der Waals surface area (Å²) in [5, 5.41) is 5.92. The lowest BCUT2D eigenvalue weighted by Gasteiger charge is -2.28. The van der Waals surface area contributed by atoms with Gasteiger partial charge in [0.25, 0.3) is 11.8 Å². The Morgan fingerprint density at radius 2 is 1.96 bits per heavy atom. The number of anilines is 1. The van der Waals surface area contributed by atoms with Gasteiger partial charge in [0.2, 0.25) is 0 Å². The van der Waals surface area contributed by atoms with E-state index in [1.54, 1.807) is 31.4 Å². The van der Waals surface area contributed by atoms with E-state index in [0.29, 0.717) is 24.0 Å². The number of hydrogen-bond acceptors (Lipinski definition) is 4. The molecule has 2 N–H and O–H groups in total. The van der Waals surface area contributed by atoms with Crippen LogP contribution in [0, 0.1) is 0 Å². The van der Waals surface area contributed by atoms with Crippen LogP contribution in [-0.4, -0.2) is 43.8 Å². The molecule has 1 aromatic rings. The monoisotopic (exact) mass is 346 g/mol. The fourth-order valence-electron chi connectivity index (χ4n) is 3.46. The Kier molecular flexibility index (Phi) is 6.04. The fourth-order valence-corrected chi connectivity index (χ4v) is 3.46. The van der Waals surface area contributed by atoms with E-state index in [2.05, 4.69) is 10.6 Å².